The Balaban J connectivity index is 1.74. The summed E-state index contributed by atoms with van der Waals surface area (Å²) in [6.07, 6.45) is 8.09. The zero-order valence-corrected chi connectivity index (χ0v) is 9.45. The first kappa shape index (κ1) is 11.5. The maximum atomic E-state index is 8.93. The Bertz CT molecular complexity index is 443. The van der Waals surface area contributed by atoms with E-state index in [0.29, 0.717) is 11.6 Å². The molecule has 0 atom stereocenters. The molecule has 6 heteroatoms. The highest BCUT2D eigenvalue weighted by molar-refractivity contribution is 5.24. The smallest absolute Gasteiger partial charge is 0.222 e. The summed E-state index contributed by atoms with van der Waals surface area (Å²) >= 11 is 0. The monoisotopic (exact) mass is 233 g/mol. The molecule has 2 heterocycles. The molecule has 2 aromatic heterocycles. The third-order valence-electron chi connectivity index (χ3n) is 2.31. The topological polar surface area (TPSA) is 75.9 Å². The van der Waals surface area contributed by atoms with E-state index >= 15 is 0 Å². The maximum absolute atomic E-state index is 8.93. The Morgan fingerprint density at radius 1 is 1.35 bits per heavy atom. The second-order valence-corrected chi connectivity index (χ2v) is 3.61. The van der Waals surface area contributed by atoms with Crippen LogP contribution >= 0.6 is 0 Å². The molecule has 2 rings (SSSR count). The molecule has 0 radical (unpaired) electrons. The normalized spacial score (nSPS) is 10.4. The van der Waals surface area contributed by atoms with Gasteiger partial charge in [0.05, 0.1) is 18.6 Å². The zero-order chi connectivity index (χ0) is 11.9. The van der Waals surface area contributed by atoms with Gasteiger partial charge in [0.15, 0.2) is 0 Å². The van der Waals surface area contributed by atoms with Gasteiger partial charge in [-0.3, -0.25) is 0 Å². The van der Waals surface area contributed by atoms with Gasteiger partial charge in [-0.2, -0.15) is 0 Å². The van der Waals surface area contributed by atoms with Crippen molar-refractivity contribution in [2.75, 3.05) is 11.9 Å². The average molecular weight is 233 g/mol. The Morgan fingerprint density at radius 3 is 3.06 bits per heavy atom. The van der Waals surface area contributed by atoms with Crippen molar-refractivity contribution in [3.63, 3.8) is 0 Å². The van der Waals surface area contributed by atoms with E-state index < -0.39 is 0 Å². The molecule has 0 saturated heterocycles. The molecule has 0 saturated carbocycles. The second kappa shape index (κ2) is 5.95. The van der Waals surface area contributed by atoms with Crippen molar-refractivity contribution < 1.29 is 5.11 Å². The molecular formula is C11H15N5O. The number of hydrogen-bond acceptors (Lipinski definition) is 5. The molecule has 0 aliphatic heterocycles. The van der Waals surface area contributed by atoms with Crippen LogP contribution in [0.15, 0.2) is 31.0 Å². The van der Waals surface area contributed by atoms with Gasteiger partial charge >= 0.3 is 0 Å². The van der Waals surface area contributed by atoms with E-state index in [0.717, 1.165) is 19.5 Å². The number of imidazole rings is 1. The first-order chi connectivity index (χ1) is 8.38. The molecule has 2 N–H and O–H groups in total. The molecule has 6 nitrogen and oxygen atoms in total. The number of nitrogens with zero attached hydrogens (tertiary/aromatic N) is 4. The molecule has 0 amide bonds. The first-order valence-corrected chi connectivity index (χ1v) is 5.51. The number of hydrogen-bond donors (Lipinski definition) is 2. The van der Waals surface area contributed by atoms with Crippen molar-refractivity contribution in [2.45, 2.75) is 19.6 Å². The molecule has 90 valence electrons. The van der Waals surface area contributed by atoms with Crippen LogP contribution in [0, 0.1) is 0 Å². The van der Waals surface area contributed by atoms with Gasteiger partial charge in [-0.1, -0.05) is 0 Å². The van der Waals surface area contributed by atoms with Gasteiger partial charge in [0.1, 0.15) is 0 Å². The number of aliphatic hydroxyl groups is 1. The lowest BCUT2D eigenvalue weighted by molar-refractivity contribution is 0.277. The lowest BCUT2D eigenvalue weighted by Crippen LogP contribution is -2.09. The minimum atomic E-state index is -0.0633. The Labute approximate surface area is 99.4 Å². The lowest BCUT2D eigenvalue weighted by Gasteiger charge is -2.05. The van der Waals surface area contributed by atoms with Crippen LogP contribution in [0.4, 0.5) is 5.95 Å². The molecule has 0 aromatic carbocycles. The standard InChI is InChI=1S/C11H15N5O/c17-8-10-2-4-14-11(15-10)13-3-1-6-16-7-5-12-9-16/h2,4-5,7,9,17H,1,3,6,8H2,(H,13,14,15). The van der Waals surface area contributed by atoms with Gasteiger partial charge < -0.3 is 15.0 Å². The highest BCUT2D eigenvalue weighted by Crippen LogP contribution is 2.00. The quantitative estimate of drug-likeness (QED) is 0.717. The van der Waals surface area contributed by atoms with E-state index in [9.17, 15) is 0 Å². The van der Waals surface area contributed by atoms with E-state index in [4.69, 9.17) is 5.11 Å². The molecular weight excluding hydrogens is 218 g/mol. The number of aromatic nitrogens is 4. The van der Waals surface area contributed by atoms with Crippen molar-refractivity contribution in [3.8, 4) is 0 Å². The van der Waals surface area contributed by atoms with Crippen LogP contribution in [0.5, 0.6) is 0 Å². The third kappa shape index (κ3) is 3.53. The molecule has 0 fully saturated rings. The van der Waals surface area contributed by atoms with Gasteiger partial charge in [-0.25, -0.2) is 15.0 Å². The number of anilines is 1. The van der Waals surface area contributed by atoms with E-state index in [1.54, 1.807) is 24.8 Å². The summed E-state index contributed by atoms with van der Waals surface area (Å²) in [7, 11) is 0. The minimum absolute atomic E-state index is 0.0633. The largest absolute Gasteiger partial charge is 0.390 e. The SMILES string of the molecule is OCc1ccnc(NCCCn2ccnc2)n1. The molecule has 0 spiro atoms. The lowest BCUT2D eigenvalue weighted by atomic mass is 10.4. The van der Waals surface area contributed by atoms with E-state index in [-0.39, 0.29) is 6.61 Å². The molecule has 17 heavy (non-hydrogen) atoms. The van der Waals surface area contributed by atoms with E-state index in [2.05, 4.69) is 20.3 Å². The summed E-state index contributed by atoms with van der Waals surface area (Å²) < 4.78 is 2.02. The van der Waals surface area contributed by atoms with Gasteiger partial charge in [0.2, 0.25) is 5.95 Å². The first-order valence-electron chi connectivity index (χ1n) is 5.51. The molecule has 2 aromatic rings. The van der Waals surface area contributed by atoms with Crippen LogP contribution in [-0.4, -0.2) is 31.2 Å². The predicted octanol–water partition coefficient (Wildman–Crippen LogP) is 0.668. The van der Waals surface area contributed by atoms with Crippen LogP contribution in [-0.2, 0) is 13.2 Å². The molecule has 0 bridgehead atoms. The van der Waals surface area contributed by atoms with Crippen molar-refractivity contribution in [3.05, 3.63) is 36.7 Å². The number of aliphatic hydroxyl groups excluding tert-OH is 1. The van der Waals surface area contributed by atoms with Crippen LogP contribution < -0.4 is 5.32 Å². The van der Waals surface area contributed by atoms with Gasteiger partial charge in [-0.15, -0.1) is 0 Å². The fraction of sp³-hybridized carbons (Fsp3) is 0.364. The second-order valence-electron chi connectivity index (χ2n) is 3.61. The van der Waals surface area contributed by atoms with Gasteiger partial charge in [0.25, 0.3) is 0 Å². The van der Waals surface area contributed by atoms with Gasteiger partial charge in [0, 0.05) is 31.7 Å². The summed E-state index contributed by atoms with van der Waals surface area (Å²) in [5, 5.41) is 12.0. The maximum Gasteiger partial charge on any atom is 0.222 e. The summed E-state index contributed by atoms with van der Waals surface area (Å²) in [5.74, 6) is 0.558. The van der Waals surface area contributed by atoms with Gasteiger partial charge in [-0.05, 0) is 12.5 Å². The van der Waals surface area contributed by atoms with Crippen molar-refractivity contribution in [1.82, 2.24) is 19.5 Å². The van der Waals surface area contributed by atoms with Crippen molar-refractivity contribution >= 4 is 5.95 Å². The van der Waals surface area contributed by atoms with Crippen LogP contribution in [0.3, 0.4) is 0 Å². The molecule has 0 unspecified atom stereocenters. The number of aryl methyl sites for hydroxylation is 1. The average Bonchev–Trinajstić information content (AvgIpc) is 2.88. The Morgan fingerprint density at radius 2 is 2.29 bits per heavy atom. The Hall–Kier alpha value is -1.95. The van der Waals surface area contributed by atoms with E-state index in [1.165, 1.54) is 0 Å². The Kier molecular flexibility index (Phi) is 4.04. The van der Waals surface area contributed by atoms with Crippen molar-refractivity contribution in [1.29, 1.82) is 0 Å². The van der Waals surface area contributed by atoms with Crippen LogP contribution in [0.25, 0.3) is 0 Å². The van der Waals surface area contributed by atoms with Crippen LogP contribution in [0.2, 0.25) is 0 Å². The fourth-order valence-electron chi connectivity index (χ4n) is 1.45. The van der Waals surface area contributed by atoms with Crippen LogP contribution in [0.1, 0.15) is 12.1 Å². The highest BCUT2D eigenvalue weighted by Gasteiger charge is 1.97. The molecule has 0 aliphatic carbocycles. The fourth-order valence-corrected chi connectivity index (χ4v) is 1.45. The van der Waals surface area contributed by atoms with E-state index in [1.807, 2.05) is 10.8 Å². The summed E-state index contributed by atoms with van der Waals surface area (Å²) in [4.78, 5) is 12.2. The third-order valence-corrected chi connectivity index (χ3v) is 2.31. The summed E-state index contributed by atoms with van der Waals surface area (Å²) in [5.41, 5.74) is 0.622. The van der Waals surface area contributed by atoms with Crippen molar-refractivity contribution in [2.24, 2.45) is 0 Å². The number of nitrogens with one attached hydrogen (secondary N) is 1. The highest BCUT2D eigenvalue weighted by atomic mass is 16.3. The minimum Gasteiger partial charge on any atom is -0.390 e. The number of rotatable bonds is 6. The predicted molar refractivity (Wildman–Crippen MR) is 63.3 cm³/mol. The molecule has 0 aliphatic rings. The summed E-state index contributed by atoms with van der Waals surface area (Å²) in [6, 6.07) is 1.69. The zero-order valence-electron chi connectivity index (χ0n) is 9.45. The summed E-state index contributed by atoms with van der Waals surface area (Å²) in [6.45, 7) is 1.63.